The molecule has 0 aromatic heterocycles. The molecule has 2 rings (SSSR count). The summed E-state index contributed by atoms with van der Waals surface area (Å²) >= 11 is 0. The van der Waals surface area contributed by atoms with Crippen molar-refractivity contribution in [2.45, 2.75) is 52.7 Å². The number of hydrogen-bond donors (Lipinski definition) is 1. The van der Waals surface area contributed by atoms with Crippen LogP contribution in [0, 0.1) is 18.8 Å². The summed E-state index contributed by atoms with van der Waals surface area (Å²) in [4.78, 5) is 0. The summed E-state index contributed by atoms with van der Waals surface area (Å²) in [5, 5.41) is 0. The number of ether oxygens (including phenoxy) is 1. The van der Waals surface area contributed by atoms with E-state index in [0.717, 1.165) is 23.1 Å². The molecule has 0 amide bonds. The van der Waals surface area contributed by atoms with Crippen molar-refractivity contribution < 1.29 is 4.74 Å². The summed E-state index contributed by atoms with van der Waals surface area (Å²) in [5.41, 5.74) is 8.16. The van der Waals surface area contributed by atoms with Gasteiger partial charge < -0.3 is 10.5 Å². The van der Waals surface area contributed by atoms with E-state index in [1.807, 2.05) is 0 Å². The van der Waals surface area contributed by atoms with Crippen LogP contribution in [0.1, 0.15) is 44.2 Å². The van der Waals surface area contributed by atoms with Crippen molar-refractivity contribution in [1.82, 2.24) is 0 Å². The molecule has 1 saturated carbocycles. The number of aryl methyl sites for hydroxylation is 1. The second kappa shape index (κ2) is 5.75. The quantitative estimate of drug-likeness (QED) is 0.884. The summed E-state index contributed by atoms with van der Waals surface area (Å²) in [6.45, 7) is 7.32. The number of hydrogen-bond acceptors (Lipinski definition) is 2. The molecule has 3 unspecified atom stereocenters. The zero-order chi connectivity index (χ0) is 13.1. The zero-order valence-corrected chi connectivity index (χ0v) is 11.8. The molecule has 1 aromatic carbocycles. The largest absolute Gasteiger partial charge is 0.490 e. The Labute approximate surface area is 111 Å². The Bertz CT molecular complexity index is 402. The second-order valence-electron chi connectivity index (χ2n) is 5.82. The van der Waals surface area contributed by atoms with Gasteiger partial charge in [-0.3, -0.25) is 0 Å². The Morgan fingerprint density at radius 3 is 2.67 bits per heavy atom. The highest BCUT2D eigenvalue weighted by atomic mass is 16.5. The van der Waals surface area contributed by atoms with Crippen molar-refractivity contribution in [3.8, 4) is 5.75 Å². The molecular weight excluding hydrogens is 222 g/mol. The first-order chi connectivity index (χ1) is 8.60. The summed E-state index contributed by atoms with van der Waals surface area (Å²) < 4.78 is 6.17. The molecule has 0 aliphatic heterocycles. The molecule has 0 bridgehead atoms. The molecule has 0 radical (unpaired) electrons. The monoisotopic (exact) mass is 247 g/mol. The average Bonchev–Trinajstić information content (AvgIpc) is 2.36. The van der Waals surface area contributed by atoms with Gasteiger partial charge in [0.2, 0.25) is 0 Å². The highest BCUT2D eigenvalue weighted by Crippen LogP contribution is 2.32. The third kappa shape index (κ3) is 3.05. The van der Waals surface area contributed by atoms with Gasteiger partial charge in [-0.05, 0) is 44.1 Å². The zero-order valence-electron chi connectivity index (χ0n) is 11.8. The van der Waals surface area contributed by atoms with Crippen LogP contribution in [0.3, 0.4) is 0 Å². The van der Waals surface area contributed by atoms with Gasteiger partial charge in [-0.2, -0.15) is 0 Å². The van der Waals surface area contributed by atoms with E-state index in [2.05, 4.69) is 39.0 Å². The van der Waals surface area contributed by atoms with Crippen molar-refractivity contribution in [1.29, 1.82) is 0 Å². The third-order valence-corrected chi connectivity index (χ3v) is 4.28. The number of benzene rings is 1. The minimum absolute atomic E-state index is 0.365. The molecule has 2 heteroatoms. The van der Waals surface area contributed by atoms with Crippen molar-refractivity contribution in [3.63, 3.8) is 0 Å². The first-order valence-electron chi connectivity index (χ1n) is 7.06. The van der Waals surface area contributed by atoms with E-state index in [0.29, 0.717) is 12.6 Å². The van der Waals surface area contributed by atoms with E-state index in [1.54, 1.807) is 0 Å². The lowest BCUT2D eigenvalue weighted by atomic mass is 9.80. The molecule has 0 spiro atoms. The second-order valence-corrected chi connectivity index (χ2v) is 5.82. The third-order valence-electron chi connectivity index (χ3n) is 4.28. The molecule has 2 N–H and O–H groups in total. The lowest BCUT2D eigenvalue weighted by Crippen LogP contribution is -2.29. The van der Waals surface area contributed by atoms with Crippen LogP contribution in [0.5, 0.6) is 5.75 Å². The van der Waals surface area contributed by atoms with Crippen LogP contribution in [0.2, 0.25) is 0 Å². The first kappa shape index (κ1) is 13.4. The molecule has 1 fully saturated rings. The molecule has 3 atom stereocenters. The Balaban J connectivity index is 2.05. The maximum absolute atomic E-state index is 6.17. The molecule has 1 aliphatic carbocycles. The fourth-order valence-corrected chi connectivity index (χ4v) is 2.77. The van der Waals surface area contributed by atoms with Gasteiger partial charge in [0, 0.05) is 12.1 Å². The molecule has 2 nitrogen and oxygen atoms in total. The van der Waals surface area contributed by atoms with Gasteiger partial charge >= 0.3 is 0 Å². The van der Waals surface area contributed by atoms with Crippen LogP contribution in [-0.2, 0) is 6.54 Å². The van der Waals surface area contributed by atoms with Crippen LogP contribution in [0.4, 0.5) is 0 Å². The maximum Gasteiger partial charge on any atom is 0.124 e. The first-order valence-corrected chi connectivity index (χ1v) is 7.06. The standard InChI is InChI=1S/C16H25NO/c1-11-4-7-16(14(8-11)10-17)18-15-6-5-12(2)13(3)9-15/h4,7-8,12-13,15H,5-6,9-10,17H2,1-3H3. The van der Waals surface area contributed by atoms with Crippen LogP contribution in [-0.4, -0.2) is 6.10 Å². The highest BCUT2D eigenvalue weighted by molar-refractivity contribution is 5.36. The van der Waals surface area contributed by atoms with Crippen LogP contribution < -0.4 is 10.5 Å². The normalized spacial score (nSPS) is 28.1. The molecule has 100 valence electrons. The fraction of sp³-hybridized carbons (Fsp3) is 0.625. The molecule has 0 heterocycles. The van der Waals surface area contributed by atoms with E-state index in [1.165, 1.54) is 24.8 Å². The lowest BCUT2D eigenvalue weighted by molar-refractivity contribution is 0.0997. The van der Waals surface area contributed by atoms with Crippen molar-refractivity contribution >= 4 is 0 Å². The predicted octanol–water partition coefficient (Wildman–Crippen LogP) is 3.66. The summed E-state index contributed by atoms with van der Waals surface area (Å²) in [6.07, 6.45) is 3.97. The van der Waals surface area contributed by atoms with Gasteiger partial charge in [-0.15, -0.1) is 0 Å². The van der Waals surface area contributed by atoms with E-state index >= 15 is 0 Å². The topological polar surface area (TPSA) is 35.2 Å². The van der Waals surface area contributed by atoms with E-state index in [-0.39, 0.29) is 0 Å². The summed E-state index contributed by atoms with van der Waals surface area (Å²) in [7, 11) is 0. The van der Waals surface area contributed by atoms with E-state index < -0.39 is 0 Å². The molecule has 0 saturated heterocycles. The average molecular weight is 247 g/mol. The Kier molecular flexibility index (Phi) is 4.28. The SMILES string of the molecule is Cc1ccc(OC2CCC(C)C(C)C2)c(CN)c1. The van der Waals surface area contributed by atoms with Gasteiger partial charge in [0.1, 0.15) is 5.75 Å². The number of nitrogens with two attached hydrogens (primary N) is 1. The fourth-order valence-electron chi connectivity index (χ4n) is 2.77. The van der Waals surface area contributed by atoms with Crippen molar-refractivity contribution in [2.24, 2.45) is 17.6 Å². The smallest absolute Gasteiger partial charge is 0.124 e. The molecular formula is C16H25NO. The Hall–Kier alpha value is -1.02. The highest BCUT2D eigenvalue weighted by Gasteiger charge is 2.26. The molecule has 1 aliphatic rings. The Morgan fingerprint density at radius 2 is 2.00 bits per heavy atom. The van der Waals surface area contributed by atoms with Crippen molar-refractivity contribution in [2.75, 3.05) is 0 Å². The van der Waals surface area contributed by atoms with Gasteiger partial charge in [0.15, 0.2) is 0 Å². The van der Waals surface area contributed by atoms with Crippen molar-refractivity contribution in [3.05, 3.63) is 29.3 Å². The van der Waals surface area contributed by atoms with E-state index in [9.17, 15) is 0 Å². The maximum atomic E-state index is 6.17. The van der Waals surface area contributed by atoms with Gasteiger partial charge in [-0.1, -0.05) is 31.5 Å². The van der Waals surface area contributed by atoms with Crippen LogP contribution >= 0.6 is 0 Å². The molecule has 1 aromatic rings. The minimum Gasteiger partial charge on any atom is -0.490 e. The van der Waals surface area contributed by atoms with Gasteiger partial charge in [-0.25, -0.2) is 0 Å². The molecule has 18 heavy (non-hydrogen) atoms. The number of rotatable bonds is 3. The Morgan fingerprint density at radius 1 is 1.22 bits per heavy atom. The van der Waals surface area contributed by atoms with Crippen LogP contribution in [0.25, 0.3) is 0 Å². The van der Waals surface area contributed by atoms with Gasteiger partial charge in [0.25, 0.3) is 0 Å². The van der Waals surface area contributed by atoms with Gasteiger partial charge in [0.05, 0.1) is 6.10 Å². The van der Waals surface area contributed by atoms with Crippen LogP contribution in [0.15, 0.2) is 18.2 Å². The summed E-state index contributed by atoms with van der Waals surface area (Å²) in [6, 6.07) is 6.30. The lowest BCUT2D eigenvalue weighted by Gasteiger charge is -2.32. The minimum atomic E-state index is 0.365. The van der Waals surface area contributed by atoms with E-state index in [4.69, 9.17) is 10.5 Å². The predicted molar refractivity (Wildman–Crippen MR) is 75.7 cm³/mol. The summed E-state index contributed by atoms with van der Waals surface area (Å²) in [5.74, 6) is 2.57.